The van der Waals surface area contributed by atoms with E-state index in [0.29, 0.717) is 10.8 Å². The smallest absolute Gasteiger partial charge is 0.387 e. The molecule has 134 valence electrons. The summed E-state index contributed by atoms with van der Waals surface area (Å²) in [6.45, 7) is -3.08. The van der Waals surface area contributed by atoms with Gasteiger partial charge in [-0.2, -0.15) is 14.0 Å². The summed E-state index contributed by atoms with van der Waals surface area (Å²) in [6.07, 6.45) is 1.15. The van der Waals surface area contributed by atoms with Crippen LogP contribution in [-0.2, 0) is 0 Å². The third-order valence-electron chi connectivity index (χ3n) is 3.92. The minimum Gasteiger partial charge on any atom is -0.434 e. The number of nitriles is 1. The number of hydrogen-bond donors (Lipinski definition) is 0. The fourth-order valence-corrected chi connectivity index (χ4v) is 2.71. The van der Waals surface area contributed by atoms with Gasteiger partial charge in [-0.15, -0.1) is 0 Å². The number of allylic oxidation sites excluding steroid dienone is 1. The van der Waals surface area contributed by atoms with Crippen molar-refractivity contribution < 1.29 is 22.7 Å². The number of carbonyl (C=O) groups is 1. The van der Waals surface area contributed by atoms with Crippen molar-refractivity contribution in [2.45, 2.75) is 6.61 Å². The lowest BCUT2D eigenvalue weighted by Gasteiger charge is -2.11. The number of rotatable bonds is 5. The van der Waals surface area contributed by atoms with Gasteiger partial charge in [-0.25, -0.2) is 4.39 Å². The molecule has 27 heavy (non-hydrogen) atoms. The Balaban J connectivity index is 2.19. The number of ether oxygens (including phenoxy) is 1. The van der Waals surface area contributed by atoms with Crippen molar-refractivity contribution in [1.29, 1.82) is 5.26 Å². The summed E-state index contributed by atoms with van der Waals surface area (Å²) < 4.78 is 44.0. The van der Waals surface area contributed by atoms with Crippen LogP contribution in [0.25, 0.3) is 16.8 Å². The second-order valence-corrected chi connectivity index (χ2v) is 5.56. The molecule has 0 amide bonds. The molecule has 3 aromatic rings. The number of benzene rings is 3. The lowest BCUT2D eigenvalue weighted by Crippen LogP contribution is -2.06. The van der Waals surface area contributed by atoms with E-state index in [2.05, 4.69) is 4.74 Å². The zero-order chi connectivity index (χ0) is 19.4. The van der Waals surface area contributed by atoms with E-state index >= 15 is 0 Å². The molecule has 6 heteroatoms. The average Bonchev–Trinajstić information content (AvgIpc) is 2.66. The number of ketones is 1. The first kappa shape index (κ1) is 18.2. The van der Waals surface area contributed by atoms with E-state index < -0.39 is 23.8 Å². The van der Waals surface area contributed by atoms with Gasteiger partial charge in [-0.1, -0.05) is 42.5 Å². The van der Waals surface area contributed by atoms with Crippen molar-refractivity contribution in [3.8, 4) is 11.8 Å². The maximum atomic E-state index is 13.9. The Morgan fingerprint density at radius 3 is 2.44 bits per heavy atom. The molecule has 0 unspecified atom stereocenters. The molecule has 0 bridgehead atoms. The zero-order valence-corrected chi connectivity index (χ0v) is 13.8. The van der Waals surface area contributed by atoms with E-state index in [9.17, 15) is 23.2 Å². The van der Waals surface area contributed by atoms with Crippen molar-refractivity contribution in [2.75, 3.05) is 0 Å². The molecule has 0 saturated heterocycles. The molecule has 0 saturated carbocycles. The molecule has 0 atom stereocenters. The van der Waals surface area contributed by atoms with Gasteiger partial charge in [0.25, 0.3) is 0 Å². The molecule has 3 rings (SSSR count). The summed E-state index contributed by atoms with van der Waals surface area (Å²) in [7, 11) is 0. The lowest BCUT2D eigenvalue weighted by atomic mass is 9.98. The van der Waals surface area contributed by atoms with E-state index in [-0.39, 0.29) is 16.9 Å². The second-order valence-electron chi connectivity index (χ2n) is 5.56. The molecular weight excluding hydrogens is 355 g/mol. The third kappa shape index (κ3) is 3.82. The second kappa shape index (κ2) is 7.75. The van der Waals surface area contributed by atoms with Gasteiger partial charge in [0.1, 0.15) is 23.2 Å². The van der Waals surface area contributed by atoms with Crippen molar-refractivity contribution in [2.24, 2.45) is 0 Å². The fraction of sp³-hybridized carbons (Fsp3) is 0.0476. The Bertz CT molecular complexity index is 1080. The highest BCUT2D eigenvalue weighted by molar-refractivity contribution is 6.15. The summed E-state index contributed by atoms with van der Waals surface area (Å²) in [4.78, 5) is 12.6. The average molecular weight is 367 g/mol. The first-order valence-corrected chi connectivity index (χ1v) is 7.89. The standard InChI is InChI=1S/C21H12F3NO2/c22-18-8-4-3-7-16(18)20(26)14(12-25)11-17-15-6-2-1-5-13(15)9-10-19(17)27-21(23)24/h1-11,21H/b14-11+. The maximum Gasteiger partial charge on any atom is 0.387 e. The molecule has 0 aliphatic heterocycles. The largest absolute Gasteiger partial charge is 0.434 e. The van der Waals surface area contributed by atoms with Gasteiger partial charge < -0.3 is 4.74 Å². The van der Waals surface area contributed by atoms with Gasteiger partial charge in [-0.05, 0) is 35.0 Å². The number of fused-ring (bicyclic) bond motifs is 1. The van der Waals surface area contributed by atoms with Crippen molar-refractivity contribution >= 4 is 22.6 Å². The van der Waals surface area contributed by atoms with Gasteiger partial charge in [0.15, 0.2) is 0 Å². The summed E-state index contributed by atoms with van der Waals surface area (Å²) in [5.74, 6) is -1.80. The zero-order valence-electron chi connectivity index (χ0n) is 13.8. The van der Waals surface area contributed by atoms with Crippen LogP contribution in [0.5, 0.6) is 5.75 Å². The molecule has 0 heterocycles. The number of hydrogen-bond acceptors (Lipinski definition) is 3. The van der Waals surface area contributed by atoms with E-state index in [0.717, 1.165) is 12.1 Å². The number of Topliss-reactive ketones (excluding diaryl/α,β-unsaturated/α-hetero) is 1. The van der Waals surface area contributed by atoms with Crippen LogP contribution in [0.3, 0.4) is 0 Å². The Hall–Kier alpha value is -3.59. The van der Waals surface area contributed by atoms with Gasteiger partial charge in [0.2, 0.25) is 5.78 Å². The third-order valence-corrected chi connectivity index (χ3v) is 3.92. The highest BCUT2D eigenvalue weighted by atomic mass is 19.3. The fourth-order valence-electron chi connectivity index (χ4n) is 2.71. The van der Waals surface area contributed by atoms with Crippen LogP contribution in [0.15, 0.2) is 66.2 Å². The molecule has 0 aliphatic carbocycles. The molecule has 3 nitrogen and oxygen atoms in total. The van der Waals surface area contributed by atoms with Crippen LogP contribution < -0.4 is 4.74 Å². The van der Waals surface area contributed by atoms with Crippen LogP contribution in [-0.4, -0.2) is 12.4 Å². The van der Waals surface area contributed by atoms with Crippen LogP contribution >= 0.6 is 0 Å². The Morgan fingerprint density at radius 1 is 1.04 bits per heavy atom. The highest BCUT2D eigenvalue weighted by Crippen LogP contribution is 2.32. The van der Waals surface area contributed by atoms with Crippen LogP contribution in [0.2, 0.25) is 0 Å². The molecule has 0 aliphatic rings. The Morgan fingerprint density at radius 2 is 1.74 bits per heavy atom. The molecule has 0 N–H and O–H groups in total. The molecular formula is C21H12F3NO2. The molecule has 3 aromatic carbocycles. The van der Waals surface area contributed by atoms with Crippen LogP contribution in [0, 0.1) is 17.1 Å². The van der Waals surface area contributed by atoms with Crippen LogP contribution in [0.1, 0.15) is 15.9 Å². The van der Waals surface area contributed by atoms with E-state index in [1.54, 1.807) is 36.4 Å². The SMILES string of the molecule is N#C/C(=C\c1c(OC(F)F)ccc2ccccc12)C(=O)c1ccccc1F. The van der Waals surface area contributed by atoms with E-state index in [4.69, 9.17) is 0 Å². The number of alkyl halides is 2. The monoisotopic (exact) mass is 367 g/mol. The molecule has 0 aromatic heterocycles. The quantitative estimate of drug-likeness (QED) is 0.346. The van der Waals surface area contributed by atoms with Gasteiger partial charge >= 0.3 is 6.61 Å². The number of halogens is 3. The summed E-state index contributed by atoms with van der Waals surface area (Å²) in [5.41, 5.74) is -0.521. The minimum absolute atomic E-state index is 0.148. The predicted molar refractivity (Wildman–Crippen MR) is 94.9 cm³/mol. The normalized spacial score (nSPS) is 11.4. The predicted octanol–water partition coefficient (Wildman–Crippen LogP) is 5.37. The molecule has 0 spiro atoms. The number of nitrogens with zero attached hydrogens (tertiary/aromatic N) is 1. The van der Waals surface area contributed by atoms with Crippen molar-refractivity contribution in [1.82, 2.24) is 0 Å². The van der Waals surface area contributed by atoms with Crippen molar-refractivity contribution in [3.05, 3.63) is 83.2 Å². The lowest BCUT2D eigenvalue weighted by molar-refractivity contribution is -0.0498. The number of carbonyl (C=O) groups excluding carboxylic acids is 1. The van der Waals surface area contributed by atoms with Gasteiger partial charge in [0, 0.05) is 5.56 Å². The maximum absolute atomic E-state index is 13.9. The van der Waals surface area contributed by atoms with Crippen molar-refractivity contribution in [3.63, 3.8) is 0 Å². The van der Waals surface area contributed by atoms with Crippen LogP contribution in [0.4, 0.5) is 13.2 Å². The summed E-state index contributed by atoms with van der Waals surface area (Å²) in [5, 5.41) is 10.6. The first-order chi connectivity index (χ1) is 13.0. The topological polar surface area (TPSA) is 50.1 Å². The summed E-state index contributed by atoms with van der Waals surface area (Å²) >= 11 is 0. The highest BCUT2D eigenvalue weighted by Gasteiger charge is 2.18. The summed E-state index contributed by atoms with van der Waals surface area (Å²) in [6, 6.07) is 16.8. The van der Waals surface area contributed by atoms with E-state index in [1.165, 1.54) is 24.3 Å². The van der Waals surface area contributed by atoms with Gasteiger partial charge in [-0.3, -0.25) is 4.79 Å². The molecule has 0 fully saturated rings. The first-order valence-electron chi connectivity index (χ1n) is 7.89. The Labute approximate surface area is 152 Å². The van der Waals surface area contributed by atoms with E-state index in [1.807, 2.05) is 0 Å². The Kier molecular flexibility index (Phi) is 5.23. The minimum atomic E-state index is -3.08. The molecule has 0 radical (unpaired) electrons. The van der Waals surface area contributed by atoms with Gasteiger partial charge in [0.05, 0.1) is 5.56 Å².